The van der Waals surface area contributed by atoms with E-state index >= 15 is 0 Å². The van der Waals surface area contributed by atoms with E-state index in [0.717, 1.165) is 11.3 Å². The molecule has 0 aromatic heterocycles. The molecule has 0 bridgehead atoms. The van der Waals surface area contributed by atoms with Gasteiger partial charge in [-0.25, -0.2) is 9.59 Å². The highest BCUT2D eigenvalue weighted by Gasteiger charge is 2.30. The van der Waals surface area contributed by atoms with Gasteiger partial charge in [-0.15, -0.1) is 0 Å². The molecule has 0 fully saturated rings. The Morgan fingerprint density at radius 2 is 1.75 bits per heavy atom. The maximum atomic E-state index is 12.8. The van der Waals surface area contributed by atoms with Crippen molar-refractivity contribution in [1.29, 1.82) is 0 Å². The third-order valence-electron chi connectivity index (χ3n) is 4.57. The van der Waals surface area contributed by atoms with Crippen LogP contribution in [0.25, 0.3) is 5.70 Å². The molecule has 0 saturated heterocycles. The van der Waals surface area contributed by atoms with Gasteiger partial charge >= 0.3 is 12.1 Å². The first-order chi connectivity index (χ1) is 13.4. The number of fused-ring (bicyclic) bond motifs is 1. The molecule has 0 atom stereocenters. The van der Waals surface area contributed by atoms with Gasteiger partial charge in [-0.1, -0.05) is 30.3 Å². The summed E-state index contributed by atoms with van der Waals surface area (Å²) in [5.74, 6) is 0.0248. The van der Waals surface area contributed by atoms with Crippen LogP contribution in [0.3, 0.4) is 0 Å². The second-order valence-electron chi connectivity index (χ2n) is 6.67. The van der Waals surface area contributed by atoms with Gasteiger partial charge in [0.2, 0.25) is 0 Å². The van der Waals surface area contributed by atoms with E-state index in [2.05, 4.69) is 0 Å². The van der Waals surface area contributed by atoms with Crippen LogP contribution in [0.5, 0.6) is 5.75 Å². The first-order valence-corrected chi connectivity index (χ1v) is 9.14. The molecule has 6 nitrogen and oxygen atoms in total. The van der Waals surface area contributed by atoms with Crippen molar-refractivity contribution in [3.63, 3.8) is 0 Å². The maximum Gasteiger partial charge on any atom is 0.414 e. The van der Waals surface area contributed by atoms with Crippen molar-refractivity contribution in [3.8, 4) is 5.75 Å². The Hall–Kier alpha value is -3.28. The third kappa shape index (κ3) is 3.71. The van der Waals surface area contributed by atoms with Gasteiger partial charge in [0.25, 0.3) is 0 Å². The second kappa shape index (κ2) is 8.17. The molecule has 0 unspecified atom stereocenters. The van der Waals surface area contributed by atoms with Crippen molar-refractivity contribution in [2.75, 3.05) is 32.6 Å². The lowest BCUT2D eigenvalue weighted by Crippen LogP contribution is -2.29. The number of carbonyl (C=O) groups excluding carboxylic acids is 2. The lowest BCUT2D eigenvalue weighted by atomic mass is 9.92. The van der Waals surface area contributed by atoms with E-state index in [1.165, 1.54) is 4.90 Å². The number of nitrogens with zero attached hydrogens (tertiary/aromatic N) is 2. The van der Waals surface area contributed by atoms with E-state index in [0.29, 0.717) is 29.0 Å². The first-order valence-electron chi connectivity index (χ1n) is 9.14. The predicted octanol–water partition coefficient (Wildman–Crippen LogP) is 3.71. The highest BCUT2D eigenvalue weighted by atomic mass is 16.6. The Labute approximate surface area is 165 Å². The molecule has 0 radical (unpaired) electrons. The summed E-state index contributed by atoms with van der Waals surface area (Å²) in [4.78, 5) is 28.2. The van der Waals surface area contributed by atoms with Crippen LogP contribution in [-0.4, -0.2) is 44.7 Å². The third-order valence-corrected chi connectivity index (χ3v) is 4.57. The van der Waals surface area contributed by atoms with Crippen molar-refractivity contribution < 1.29 is 19.1 Å². The molecule has 28 heavy (non-hydrogen) atoms. The van der Waals surface area contributed by atoms with Crippen molar-refractivity contribution in [3.05, 3.63) is 65.2 Å². The SMILES string of the molecule is CCOC(=O)C1=C(c2ccccc2OC(=O)N(C)C)N(C)c2ccccc2C1. The highest BCUT2D eigenvalue weighted by Crippen LogP contribution is 2.40. The summed E-state index contributed by atoms with van der Waals surface area (Å²) in [6.45, 7) is 2.07. The number of hydrogen-bond acceptors (Lipinski definition) is 5. The van der Waals surface area contributed by atoms with E-state index < -0.39 is 6.09 Å². The van der Waals surface area contributed by atoms with E-state index in [1.807, 2.05) is 48.3 Å². The van der Waals surface area contributed by atoms with Gasteiger partial charge in [-0.05, 0) is 30.7 Å². The Bertz CT molecular complexity index is 934. The Morgan fingerprint density at radius 1 is 1.07 bits per heavy atom. The van der Waals surface area contributed by atoms with E-state index in [-0.39, 0.29) is 12.6 Å². The lowest BCUT2D eigenvalue weighted by Gasteiger charge is -2.32. The summed E-state index contributed by atoms with van der Waals surface area (Å²) >= 11 is 0. The smallest absolute Gasteiger partial charge is 0.414 e. The summed E-state index contributed by atoms with van der Waals surface area (Å²) in [7, 11) is 5.14. The number of rotatable bonds is 4. The minimum absolute atomic E-state index is 0.290. The van der Waals surface area contributed by atoms with Crippen molar-refractivity contribution in [2.45, 2.75) is 13.3 Å². The summed E-state index contributed by atoms with van der Waals surface area (Å²) in [6.07, 6.45) is -0.0328. The Balaban J connectivity index is 2.16. The number of anilines is 1. The summed E-state index contributed by atoms with van der Waals surface area (Å²) in [5, 5.41) is 0. The monoisotopic (exact) mass is 380 g/mol. The van der Waals surface area contributed by atoms with Crippen molar-refractivity contribution in [2.24, 2.45) is 0 Å². The summed E-state index contributed by atoms with van der Waals surface area (Å²) in [5.41, 5.74) is 3.92. The zero-order chi connectivity index (χ0) is 20.3. The Morgan fingerprint density at radius 3 is 2.46 bits per heavy atom. The molecule has 6 heteroatoms. The van der Waals surface area contributed by atoms with Crippen LogP contribution in [0.4, 0.5) is 10.5 Å². The number of esters is 1. The number of amides is 1. The van der Waals surface area contributed by atoms with Gasteiger partial charge in [0.15, 0.2) is 0 Å². The van der Waals surface area contributed by atoms with Crippen LogP contribution in [0.15, 0.2) is 54.1 Å². The maximum absolute atomic E-state index is 12.8. The molecule has 1 amide bonds. The zero-order valence-corrected chi connectivity index (χ0v) is 16.6. The normalized spacial score (nSPS) is 13.1. The molecule has 2 aromatic carbocycles. The molecule has 0 spiro atoms. The quantitative estimate of drug-likeness (QED) is 0.757. The fourth-order valence-corrected chi connectivity index (χ4v) is 3.25. The van der Waals surface area contributed by atoms with Crippen LogP contribution in [-0.2, 0) is 16.0 Å². The largest absolute Gasteiger partial charge is 0.463 e. The fraction of sp³-hybridized carbons (Fsp3) is 0.273. The fourth-order valence-electron chi connectivity index (χ4n) is 3.25. The lowest BCUT2D eigenvalue weighted by molar-refractivity contribution is -0.138. The number of para-hydroxylation sites is 2. The highest BCUT2D eigenvalue weighted by molar-refractivity contribution is 6.04. The van der Waals surface area contributed by atoms with E-state index in [1.54, 1.807) is 33.2 Å². The molecule has 146 valence electrons. The van der Waals surface area contributed by atoms with Crippen LogP contribution in [0, 0.1) is 0 Å². The van der Waals surface area contributed by atoms with Gasteiger partial charge in [0.1, 0.15) is 5.75 Å². The predicted molar refractivity (Wildman–Crippen MR) is 108 cm³/mol. The minimum atomic E-state index is -0.482. The molecule has 1 aliphatic rings. The molecule has 2 aromatic rings. The molecule has 1 heterocycles. The van der Waals surface area contributed by atoms with Crippen LogP contribution < -0.4 is 9.64 Å². The van der Waals surface area contributed by atoms with Crippen molar-refractivity contribution in [1.82, 2.24) is 4.90 Å². The molecule has 1 aliphatic heterocycles. The topological polar surface area (TPSA) is 59.1 Å². The van der Waals surface area contributed by atoms with Gasteiger partial charge in [-0.2, -0.15) is 0 Å². The van der Waals surface area contributed by atoms with Crippen LogP contribution >= 0.6 is 0 Å². The van der Waals surface area contributed by atoms with Crippen LogP contribution in [0.2, 0.25) is 0 Å². The first kappa shape index (κ1) is 19.5. The molecule has 0 N–H and O–H groups in total. The minimum Gasteiger partial charge on any atom is -0.463 e. The van der Waals surface area contributed by atoms with Crippen LogP contribution in [0.1, 0.15) is 18.1 Å². The van der Waals surface area contributed by atoms with Gasteiger partial charge < -0.3 is 19.3 Å². The number of benzene rings is 2. The number of ether oxygens (including phenoxy) is 2. The molecular weight excluding hydrogens is 356 g/mol. The average Bonchev–Trinajstić information content (AvgIpc) is 2.68. The number of hydrogen-bond donors (Lipinski definition) is 0. The second-order valence-corrected chi connectivity index (χ2v) is 6.67. The standard InChI is InChI=1S/C22H24N2O4/c1-5-27-21(25)17-14-15-10-6-8-12-18(15)24(4)20(17)16-11-7-9-13-19(16)28-22(26)23(2)3/h6-13H,5,14H2,1-4H3. The van der Waals surface area contributed by atoms with Gasteiger partial charge in [0.05, 0.1) is 17.9 Å². The van der Waals surface area contributed by atoms with Gasteiger partial charge in [0, 0.05) is 38.8 Å². The molecule has 0 saturated carbocycles. The Kier molecular flexibility index (Phi) is 5.68. The zero-order valence-electron chi connectivity index (χ0n) is 16.6. The van der Waals surface area contributed by atoms with E-state index in [4.69, 9.17) is 9.47 Å². The average molecular weight is 380 g/mol. The molecular formula is C22H24N2O4. The summed E-state index contributed by atoms with van der Waals surface area (Å²) in [6, 6.07) is 15.1. The molecule has 3 rings (SSSR count). The molecule has 0 aliphatic carbocycles. The van der Waals surface area contributed by atoms with Gasteiger partial charge in [-0.3, -0.25) is 0 Å². The summed E-state index contributed by atoms with van der Waals surface area (Å²) < 4.78 is 10.9. The van der Waals surface area contributed by atoms with E-state index in [9.17, 15) is 9.59 Å². The number of carbonyl (C=O) groups is 2. The van der Waals surface area contributed by atoms with Crippen molar-refractivity contribution >= 4 is 23.4 Å².